The van der Waals surface area contributed by atoms with Crippen molar-refractivity contribution in [2.24, 2.45) is 17.6 Å². The average molecular weight is 309 g/mol. The van der Waals surface area contributed by atoms with E-state index in [0.717, 1.165) is 23.5 Å². The van der Waals surface area contributed by atoms with Crippen LogP contribution < -0.4 is 15.2 Å². The summed E-state index contributed by atoms with van der Waals surface area (Å²) in [7, 11) is 0. The predicted molar refractivity (Wildman–Crippen MR) is 86.4 cm³/mol. The molecule has 0 saturated carbocycles. The van der Waals surface area contributed by atoms with Crippen molar-refractivity contribution in [3.8, 4) is 11.5 Å². The second-order valence-electron chi connectivity index (χ2n) is 5.49. The molecule has 1 aromatic carbocycles. The van der Waals surface area contributed by atoms with Gasteiger partial charge in [0, 0.05) is 12.6 Å². The molecule has 1 rings (SSSR count). The van der Waals surface area contributed by atoms with Crippen LogP contribution in [-0.4, -0.2) is 30.8 Å². The maximum absolute atomic E-state index is 11.1. The van der Waals surface area contributed by atoms with E-state index >= 15 is 0 Å². The van der Waals surface area contributed by atoms with Gasteiger partial charge in [-0.2, -0.15) is 0 Å². The first-order valence-corrected chi connectivity index (χ1v) is 7.82. The van der Waals surface area contributed by atoms with Gasteiger partial charge in [-0.25, -0.2) is 0 Å². The van der Waals surface area contributed by atoms with Gasteiger partial charge in [-0.3, -0.25) is 4.79 Å². The molecular weight excluding hydrogens is 282 g/mol. The van der Waals surface area contributed by atoms with Gasteiger partial charge >= 0.3 is 5.97 Å². The first-order valence-electron chi connectivity index (χ1n) is 7.82. The van der Waals surface area contributed by atoms with Crippen LogP contribution in [-0.2, 0) is 11.2 Å². The zero-order valence-corrected chi connectivity index (χ0v) is 13.7. The van der Waals surface area contributed by atoms with Crippen LogP contribution in [0.5, 0.6) is 11.5 Å². The van der Waals surface area contributed by atoms with Crippen molar-refractivity contribution >= 4 is 5.97 Å². The SMILES string of the molecule is CCOc1cc(CC(C)CC(CN)C(=O)O)cc(OCC)c1. The Bertz CT molecular complexity index is 451. The lowest BCUT2D eigenvalue weighted by Gasteiger charge is -2.17. The van der Waals surface area contributed by atoms with Crippen molar-refractivity contribution in [3.05, 3.63) is 23.8 Å². The molecule has 0 aliphatic carbocycles. The fourth-order valence-electron chi connectivity index (χ4n) is 2.52. The van der Waals surface area contributed by atoms with Crippen LogP contribution in [0.1, 0.15) is 32.8 Å². The molecule has 0 aliphatic rings. The lowest BCUT2D eigenvalue weighted by molar-refractivity contribution is -0.141. The Morgan fingerprint density at radius 3 is 2.14 bits per heavy atom. The summed E-state index contributed by atoms with van der Waals surface area (Å²) < 4.78 is 11.1. The highest BCUT2D eigenvalue weighted by Gasteiger charge is 2.19. The molecule has 2 atom stereocenters. The van der Waals surface area contributed by atoms with E-state index in [2.05, 4.69) is 0 Å². The number of carbonyl (C=O) groups is 1. The van der Waals surface area contributed by atoms with Gasteiger partial charge in [-0.1, -0.05) is 6.92 Å². The molecule has 0 aromatic heterocycles. The van der Waals surface area contributed by atoms with E-state index in [-0.39, 0.29) is 12.5 Å². The van der Waals surface area contributed by atoms with E-state index in [1.165, 1.54) is 0 Å². The molecule has 5 nitrogen and oxygen atoms in total. The van der Waals surface area contributed by atoms with E-state index in [4.69, 9.17) is 20.3 Å². The molecule has 0 heterocycles. The average Bonchev–Trinajstić information content (AvgIpc) is 2.45. The normalized spacial score (nSPS) is 13.5. The van der Waals surface area contributed by atoms with Crippen LogP contribution in [0.15, 0.2) is 18.2 Å². The molecule has 124 valence electrons. The van der Waals surface area contributed by atoms with Crippen LogP contribution in [0.4, 0.5) is 0 Å². The zero-order valence-electron chi connectivity index (χ0n) is 13.7. The van der Waals surface area contributed by atoms with Crippen LogP contribution in [0.3, 0.4) is 0 Å². The number of carboxylic acid groups (broad SMARTS) is 1. The molecule has 0 fully saturated rings. The van der Waals surface area contributed by atoms with E-state index in [1.807, 2.05) is 39.0 Å². The molecule has 0 aliphatic heterocycles. The predicted octanol–water partition coefficient (Wildman–Crippen LogP) is 2.71. The van der Waals surface area contributed by atoms with Gasteiger partial charge in [-0.15, -0.1) is 0 Å². The Labute approximate surface area is 132 Å². The summed E-state index contributed by atoms with van der Waals surface area (Å²) in [6, 6.07) is 5.85. The van der Waals surface area contributed by atoms with E-state index in [0.29, 0.717) is 19.6 Å². The van der Waals surface area contributed by atoms with Gasteiger partial charge in [0.15, 0.2) is 0 Å². The number of rotatable bonds is 10. The van der Waals surface area contributed by atoms with Gasteiger partial charge in [0.05, 0.1) is 19.1 Å². The molecule has 0 saturated heterocycles. The Morgan fingerprint density at radius 2 is 1.73 bits per heavy atom. The Kier molecular flexibility index (Phi) is 7.74. The minimum Gasteiger partial charge on any atom is -0.494 e. The van der Waals surface area contributed by atoms with Crippen LogP contribution in [0.25, 0.3) is 0 Å². The number of hydrogen-bond donors (Lipinski definition) is 2. The van der Waals surface area contributed by atoms with E-state index in [9.17, 15) is 4.79 Å². The molecule has 0 radical (unpaired) electrons. The smallest absolute Gasteiger partial charge is 0.307 e. The maximum Gasteiger partial charge on any atom is 0.307 e. The summed E-state index contributed by atoms with van der Waals surface area (Å²) in [5.74, 6) is 0.466. The molecule has 3 N–H and O–H groups in total. The maximum atomic E-state index is 11.1. The van der Waals surface area contributed by atoms with Crippen LogP contribution in [0, 0.1) is 11.8 Å². The van der Waals surface area contributed by atoms with Gasteiger partial charge in [0.2, 0.25) is 0 Å². The quantitative estimate of drug-likeness (QED) is 0.694. The monoisotopic (exact) mass is 309 g/mol. The second kappa shape index (κ2) is 9.30. The van der Waals surface area contributed by atoms with Crippen molar-refractivity contribution in [2.75, 3.05) is 19.8 Å². The van der Waals surface area contributed by atoms with Crippen molar-refractivity contribution in [2.45, 2.75) is 33.6 Å². The lowest BCUT2D eigenvalue weighted by Crippen LogP contribution is -2.25. The summed E-state index contributed by atoms with van der Waals surface area (Å²) in [6.45, 7) is 7.28. The van der Waals surface area contributed by atoms with Gasteiger partial charge < -0.3 is 20.3 Å². The topological polar surface area (TPSA) is 81.8 Å². The number of nitrogens with two attached hydrogens (primary N) is 1. The molecule has 5 heteroatoms. The first-order chi connectivity index (χ1) is 10.5. The molecular formula is C17H27NO4. The third-order valence-electron chi connectivity index (χ3n) is 3.47. The summed E-state index contributed by atoms with van der Waals surface area (Å²) in [6.07, 6.45) is 1.33. The molecule has 0 spiro atoms. The summed E-state index contributed by atoms with van der Waals surface area (Å²) >= 11 is 0. The van der Waals surface area contributed by atoms with E-state index < -0.39 is 11.9 Å². The van der Waals surface area contributed by atoms with Gasteiger partial charge in [0.25, 0.3) is 0 Å². The highest BCUT2D eigenvalue weighted by atomic mass is 16.5. The lowest BCUT2D eigenvalue weighted by atomic mass is 9.90. The molecule has 22 heavy (non-hydrogen) atoms. The molecule has 1 aromatic rings. The molecule has 2 unspecified atom stereocenters. The second-order valence-corrected chi connectivity index (χ2v) is 5.49. The van der Waals surface area contributed by atoms with Crippen LogP contribution in [0.2, 0.25) is 0 Å². The number of aliphatic carboxylic acids is 1. The number of carboxylic acids is 1. The summed E-state index contributed by atoms with van der Waals surface area (Å²) in [4.78, 5) is 11.1. The third-order valence-corrected chi connectivity index (χ3v) is 3.47. The molecule has 0 amide bonds. The number of benzene rings is 1. The minimum absolute atomic E-state index is 0.169. The van der Waals surface area contributed by atoms with Crippen molar-refractivity contribution in [1.29, 1.82) is 0 Å². The number of hydrogen-bond acceptors (Lipinski definition) is 4. The highest BCUT2D eigenvalue weighted by Crippen LogP contribution is 2.26. The largest absolute Gasteiger partial charge is 0.494 e. The van der Waals surface area contributed by atoms with Gasteiger partial charge in [0.1, 0.15) is 11.5 Å². The fraction of sp³-hybridized carbons (Fsp3) is 0.588. The summed E-state index contributed by atoms with van der Waals surface area (Å²) in [5.41, 5.74) is 6.61. The van der Waals surface area contributed by atoms with Crippen molar-refractivity contribution in [3.63, 3.8) is 0 Å². The van der Waals surface area contributed by atoms with Crippen molar-refractivity contribution < 1.29 is 19.4 Å². The van der Waals surface area contributed by atoms with Crippen molar-refractivity contribution in [1.82, 2.24) is 0 Å². The Balaban J connectivity index is 2.79. The highest BCUT2D eigenvalue weighted by molar-refractivity contribution is 5.70. The molecule has 0 bridgehead atoms. The Morgan fingerprint density at radius 1 is 1.18 bits per heavy atom. The number of ether oxygens (including phenoxy) is 2. The Hall–Kier alpha value is -1.75. The zero-order chi connectivity index (χ0) is 16.5. The fourth-order valence-corrected chi connectivity index (χ4v) is 2.52. The van der Waals surface area contributed by atoms with Gasteiger partial charge in [-0.05, 0) is 50.3 Å². The van der Waals surface area contributed by atoms with E-state index in [1.54, 1.807) is 0 Å². The summed E-state index contributed by atoms with van der Waals surface area (Å²) in [5, 5.41) is 9.10. The first kappa shape index (κ1) is 18.3. The third kappa shape index (κ3) is 5.93. The standard InChI is InChI=1S/C17H27NO4/c1-4-21-15-8-13(9-16(10-15)22-5-2)6-12(3)7-14(11-18)17(19)20/h8-10,12,14H,4-7,11,18H2,1-3H3,(H,19,20). The van der Waals surface area contributed by atoms with Crippen LogP contribution >= 0.6 is 0 Å². The minimum atomic E-state index is -0.826.